The van der Waals surface area contributed by atoms with E-state index in [1.807, 2.05) is 30.3 Å². The van der Waals surface area contributed by atoms with Crippen molar-refractivity contribution in [2.24, 2.45) is 0 Å². The van der Waals surface area contributed by atoms with Gasteiger partial charge in [0.1, 0.15) is 0 Å². The Morgan fingerprint density at radius 1 is 1.00 bits per heavy atom. The number of rotatable bonds is 2. The summed E-state index contributed by atoms with van der Waals surface area (Å²) in [6.45, 7) is 1.25. The van der Waals surface area contributed by atoms with E-state index in [0.717, 1.165) is 12.0 Å². The van der Waals surface area contributed by atoms with E-state index in [1.165, 1.54) is 0 Å². The van der Waals surface area contributed by atoms with Gasteiger partial charge in [-0.3, -0.25) is 4.79 Å². The second-order valence-electron chi connectivity index (χ2n) is 5.80. The number of halogens is 2. The van der Waals surface area contributed by atoms with E-state index in [2.05, 4.69) is 0 Å². The molecule has 1 spiro atoms. The molecule has 124 valence electrons. The van der Waals surface area contributed by atoms with Crippen LogP contribution in [0.25, 0.3) is 0 Å². The van der Waals surface area contributed by atoms with E-state index < -0.39 is 5.79 Å². The quantitative estimate of drug-likeness (QED) is 0.804. The van der Waals surface area contributed by atoms with Crippen LogP contribution in [0.3, 0.4) is 0 Å². The van der Waals surface area contributed by atoms with Crippen LogP contribution in [-0.4, -0.2) is 19.1 Å². The van der Waals surface area contributed by atoms with Crippen LogP contribution in [-0.2, 0) is 26.6 Å². The zero-order valence-electron chi connectivity index (χ0n) is 12.8. The summed E-state index contributed by atoms with van der Waals surface area (Å²) in [6.07, 6.45) is 0.737. The number of hydrogen-bond acceptors (Lipinski definition) is 3. The maximum absolute atomic E-state index is 13.2. The summed E-state index contributed by atoms with van der Waals surface area (Å²) in [7, 11) is 0. The minimum Gasteiger partial charge on any atom is -0.338 e. The lowest BCUT2D eigenvalue weighted by Gasteiger charge is -2.32. The number of ether oxygens (including phenoxy) is 2. The van der Waals surface area contributed by atoms with Crippen molar-refractivity contribution in [2.75, 3.05) is 18.1 Å². The van der Waals surface area contributed by atoms with Gasteiger partial charge < -0.3 is 14.4 Å². The molecule has 0 bridgehead atoms. The smallest absolute Gasteiger partial charge is 0.292 e. The maximum Gasteiger partial charge on any atom is 0.292 e. The van der Waals surface area contributed by atoms with E-state index in [-0.39, 0.29) is 5.91 Å². The zero-order valence-corrected chi connectivity index (χ0v) is 14.3. The van der Waals surface area contributed by atoms with Crippen LogP contribution < -0.4 is 4.90 Å². The van der Waals surface area contributed by atoms with E-state index in [0.29, 0.717) is 41.1 Å². The maximum atomic E-state index is 13.2. The molecule has 0 aromatic heterocycles. The highest BCUT2D eigenvalue weighted by atomic mass is 35.5. The first-order chi connectivity index (χ1) is 11.6. The summed E-state index contributed by atoms with van der Waals surface area (Å²) >= 11 is 12.8. The summed E-state index contributed by atoms with van der Waals surface area (Å²) in [5.74, 6) is -1.76. The van der Waals surface area contributed by atoms with Crippen LogP contribution in [0.15, 0.2) is 42.5 Å². The fraction of sp³-hybridized carbons (Fsp3) is 0.278. The molecule has 0 atom stereocenters. The molecule has 0 unspecified atom stereocenters. The number of hydrogen-bond donors (Lipinski definition) is 0. The third-order valence-corrected chi connectivity index (χ3v) is 4.91. The average molecular weight is 364 g/mol. The summed E-state index contributed by atoms with van der Waals surface area (Å²) < 4.78 is 11.6. The Morgan fingerprint density at radius 2 is 1.67 bits per heavy atom. The van der Waals surface area contributed by atoms with Gasteiger partial charge in [-0.05, 0) is 24.1 Å². The Kier molecular flexibility index (Phi) is 4.01. The van der Waals surface area contributed by atoms with Crippen LogP contribution in [0, 0.1) is 0 Å². The molecule has 4 rings (SSSR count). The van der Waals surface area contributed by atoms with E-state index >= 15 is 0 Å². The lowest BCUT2D eigenvalue weighted by Crippen LogP contribution is -2.47. The van der Waals surface area contributed by atoms with Crippen molar-refractivity contribution >= 4 is 34.8 Å². The number of carbonyl (C=O) groups excluding carboxylic acids is 1. The number of fused-ring (bicyclic) bond motifs is 2. The highest BCUT2D eigenvalue weighted by molar-refractivity contribution is 6.38. The van der Waals surface area contributed by atoms with Crippen LogP contribution in [0.2, 0.25) is 10.0 Å². The normalized spacial score (nSPS) is 18.9. The molecule has 0 N–H and O–H groups in total. The first kappa shape index (κ1) is 15.9. The van der Waals surface area contributed by atoms with Gasteiger partial charge in [-0.1, -0.05) is 53.5 Å². The van der Waals surface area contributed by atoms with Crippen LogP contribution in [0.1, 0.15) is 17.5 Å². The Bertz CT molecular complexity index is 788. The molecule has 2 aliphatic heterocycles. The van der Waals surface area contributed by atoms with Gasteiger partial charge >= 0.3 is 0 Å². The van der Waals surface area contributed by atoms with Crippen LogP contribution in [0.4, 0.5) is 5.69 Å². The minimum absolute atomic E-state index is 0.281. The van der Waals surface area contributed by atoms with Gasteiger partial charge in [0, 0.05) is 0 Å². The van der Waals surface area contributed by atoms with E-state index in [9.17, 15) is 4.79 Å². The molecule has 4 nitrogen and oxygen atoms in total. The molecule has 1 fully saturated rings. The molecule has 0 aliphatic carbocycles. The second-order valence-corrected chi connectivity index (χ2v) is 6.61. The number of anilines is 1. The minimum atomic E-state index is -1.48. The van der Waals surface area contributed by atoms with Gasteiger partial charge in [-0.15, -0.1) is 0 Å². The molecule has 0 saturated carbocycles. The summed E-state index contributed by atoms with van der Waals surface area (Å²) in [4.78, 5) is 14.8. The first-order valence-electron chi connectivity index (χ1n) is 7.76. The highest BCUT2D eigenvalue weighted by Crippen LogP contribution is 2.51. The number of carbonyl (C=O) groups is 1. The number of benzene rings is 2. The molecule has 24 heavy (non-hydrogen) atoms. The van der Waals surface area contributed by atoms with Gasteiger partial charge in [0.2, 0.25) is 0 Å². The van der Waals surface area contributed by atoms with E-state index in [1.54, 1.807) is 17.0 Å². The third-order valence-electron chi connectivity index (χ3n) is 4.29. The van der Waals surface area contributed by atoms with Crippen LogP contribution in [0.5, 0.6) is 0 Å². The predicted octanol–water partition coefficient (Wildman–Crippen LogP) is 4.13. The third kappa shape index (κ3) is 2.33. The highest BCUT2D eigenvalue weighted by Gasteiger charge is 2.56. The van der Waals surface area contributed by atoms with Crippen molar-refractivity contribution < 1.29 is 14.3 Å². The first-order valence-corrected chi connectivity index (χ1v) is 8.51. The zero-order chi connectivity index (χ0) is 16.7. The van der Waals surface area contributed by atoms with Gasteiger partial charge in [0.05, 0.1) is 41.1 Å². The molecule has 2 aromatic rings. The molecule has 0 radical (unpaired) electrons. The molecule has 2 aromatic carbocycles. The van der Waals surface area contributed by atoms with Crippen molar-refractivity contribution in [3.63, 3.8) is 0 Å². The van der Waals surface area contributed by atoms with Crippen molar-refractivity contribution in [2.45, 2.75) is 18.8 Å². The van der Waals surface area contributed by atoms with Crippen molar-refractivity contribution in [1.82, 2.24) is 0 Å². The molecular formula is C18H15Cl2NO3. The topological polar surface area (TPSA) is 38.8 Å². The summed E-state index contributed by atoms with van der Waals surface area (Å²) in [6, 6.07) is 13.1. The SMILES string of the molecule is O=C1N(Cc2ccccc2)c2c(Cl)ccc(Cl)c2C12OCCCO2. The Hall–Kier alpha value is -1.59. The van der Waals surface area contributed by atoms with Crippen molar-refractivity contribution in [3.05, 3.63) is 63.6 Å². The monoisotopic (exact) mass is 363 g/mol. The molecule has 1 amide bonds. The molecule has 1 saturated heterocycles. The lowest BCUT2D eigenvalue weighted by atomic mass is 10.1. The summed E-state index contributed by atoms with van der Waals surface area (Å²) in [5.41, 5.74) is 2.07. The molecular weight excluding hydrogens is 349 g/mol. The van der Waals surface area contributed by atoms with Crippen molar-refractivity contribution in [1.29, 1.82) is 0 Å². The Morgan fingerprint density at radius 3 is 2.38 bits per heavy atom. The van der Waals surface area contributed by atoms with Gasteiger partial charge in [0.15, 0.2) is 0 Å². The second kappa shape index (κ2) is 6.05. The largest absolute Gasteiger partial charge is 0.338 e. The fourth-order valence-corrected chi connectivity index (χ4v) is 3.76. The average Bonchev–Trinajstić information content (AvgIpc) is 2.84. The summed E-state index contributed by atoms with van der Waals surface area (Å²) in [5, 5.41) is 0.869. The van der Waals surface area contributed by atoms with Gasteiger partial charge in [0.25, 0.3) is 11.7 Å². The van der Waals surface area contributed by atoms with Gasteiger partial charge in [-0.25, -0.2) is 0 Å². The van der Waals surface area contributed by atoms with E-state index in [4.69, 9.17) is 32.7 Å². The van der Waals surface area contributed by atoms with Crippen molar-refractivity contribution in [3.8, 4) is 0 Å². The Balaban J connectivity index is 1.85. The van der Waals surface area contributed by atoms with Gasteiger partial charge in [-0.2, -0.15) is 0 Å². The molecule has 6 heteroatoms. The fourth-order valence-electron chi connectivity index (χ4n) is 3.22. The molecule has 2 aliphatic rings. The molecule has 2 heterocycles. The number of amides is 1. The standard InChI is InChI=1S/C18H15Cl2NO3/c19-13-7-8-14(20)16-15(13)18(23-9-4-10-24-18)17(22)21(16)11-12-5-2-1-3-6-12/h1-3,5-8H,4,9-11H2. The lowest BCUT2D eigenvalue weighted by molar-refractivity contribution is -0.256. The predicted molar refractivity (Wildman–Crippen MR) is 92.3 cm³/mol. The Labute approximate surface area is 149 Å². The number of nitrogens with zero attached hydrogens (tertiary/aromatic N) is 1. The van der Waals surface area contributed by atoms with Crippen LogP contribution >= 0.6 is 23.2 Å².